The van der Waals surface area contributed by atoms with Gasteiger partial charge in [-0.15, -0.1) is 0 Å². The van der Waals surface area contributed by atoms with Crippen molar-refractivity contribution in [3.8, 4) is 0 Å². The standard InChI is InChI=1S/C12H7BrClF3N2O2/c13-10-2-1-9(21-10)11(20)19-5-8-7(14)3-6(4-18-8)12(15,16)17/h1-4H,5H2,(H,19,20). The van der Waals surface area contributed by atoms with E-state index in [1.54, 1.807) is 0 Å². The summed E-state index contributed by atoms with van der Waals surface area (Å²) in [5, 5.41) is 2.27. The highest BCUT2D eigenvalue weighted by Crippen LogP contribution is 2.31. The minimum Gasteiger partial charge on any atom is -0.444 e. The summed E-state index contributed by atoms with van der Waals surface area (Å²) in [6, 6.07) is 3.75. The molecule has 0 spiro atoms. The average molecular weight is 384 g/mol. The molecule has 2 heterocycles. The quantitative estimate of drug-likeness (QED) is 0.870. The molecule has 9 heteroatoms. The highest BCUT2D eigenvalue weighted by atomic mass is 79.9. The van der Waals surface area contributed by atoms with E-state index in [2.05, 4.69) is 26.2 Å². The topological polar surface area (TPSA) is 55.1 Å². The van der Waals surface area contributed by atoms with Gasteiger partial charge in [0.1, 0.15) is 0 Å². The number of furan rings is 1. The Kier molecular flexibility index (Phi) is 4.58. The van der Waals surface area contributed by atoms with Crippen molar-refractivity contribution in [3.63, 3.8) is 0 Å². The van der Waals surface area contributed by atoms with E-state index in [1.165, 1.54) is 12.1 Å². The maximum Gasteiger partial charge on any atom is 0.417 e. The summed E-state index contributed by atoms with van der Waals surface area (Å²) < 4.78 is 42.8. The molecule has 0 radical (unpaired) electrons. The Hall–Kier alpha value is -1.54. The first-order valence-electron chi connectivity index (χ1n) is 5.52. The van der Waals surface area contributed by atoms with Gasteiger partial charge < -0.3 is 9.73 Å². The van der Waals surface area contributed by atoms with E-state index in [0.29, 0.717) is 10.9 Å². The van der Waals surface area contributed by atoms with Gasteiger partial charge in [0.25, 0.3) is 5.91 Å². The number of aromatic nitrogens is 1. The molecule has 0 saturated heterocycles. The van der Waals surface area contributed by atoms with Crippen LogP contribution in [0.15, 0.2) is 33.5 Å². The van der Waals surface area contributed by atoms with Gasteiger partial charge >= 0.3 is 6.18 Å². The van der Waals surface area contributed by atoms with E-state index in [0.717, 1.165) is 6.07 Å². The van der Waals surface area contributed by atoms with Crippen LogP contribution >= 0.6 is 27.5 Å². The largest absolute Gasteiger partial charge is 0.444 e. The number of hydrogen-bond acceptors (Lipinski definition) is 3. The van der Waals surface area contributed by atoms with Crippen LogP contribution in [0.25, 0.3) is 0 Å². The number of alkyl halides is 3. The van der Waals surface area contributed by atoms with Gasteiger partial charge in [-0.3, -0.25) is 9.78 Å². The van der Waals surface area contributed by atoms with E-state index in [1.807, 2.05) is 0 Å². The summed E-state index contributed by atoms with van der Waals surface area (Å²) in [6.45, 7) is -0.117. The molecule has 0 fully saturated rings. The van der Waals surface area contributed by atoms with E-state index < -0.39 is 17.6 Å². The number of pyridine rings is 1. The third-order valence-electron chi connectivity index (χ3n) is 2.46. The number of amides is 1. The van der Waals surface area contributed by atoms with Crippen molar-refractivity contribution < 1.29 is 22.4 Å². The van der Waals surface area contributed by atoms with Gasteiger partial charge in [-0.2, -0.15) is 13.2 Å². The summed E-state index contributed by atoms with van der Waals surface area (Å²) >= 11 is 8.77. The predicted octanol–water partition coefficient (Wildman–Crippen LogP) is 4.04. The zero-order valence-corrected chi connectivity index (χ0v) is 12.5. The van der Waals surface area contributed by atoms with Crippen LogP contribution < -0.4 is 5.32 Å². The molecule has 2 aromatic heterocycles. The number of nitrogens with one attached hydrogen (secondary N) is 1. The van der Waals surface area contributed by atoms with Crippen molar-refractivity contribution in [3.05, 3.63) is 51.1 Å². The molecule has 0 bridgehead atoms. The van der Waals surface area contributed by atoms with Gasteiger partial charge in [0, 0.05) is 6.20 Å². The first-order valence-corrected chi connectivity index (χ1v) is 6.69. The first-order chi connectivity index (χ1) is 9.77. The van der Waals surface area contributed by atoms with Crippen molar-refractivity contribution in [2.75, 3.05) is 0 Å². The molecule has 0 saturated carbocycles. The molecule has 0 aliphatic carbocycles. The lowest BCUT2D eigenvalue weighted by molar-refractivity contribution is -0.137. The molecule has 2 rings (SSSR count). The lowest BCUT2D eigenvalue weighted by atomic mass is 10.2. The SMILES string of the molecule is O=C(NCc1ncc(C(F)(F)F)cc1Cl)c1ccc(Br)o1. The van der Waals surface area contributed by atoms with Crippen molar-refractivity contribution in [1.29, 1.82) is 0 Å². The number of hydrogen-bond donors (Lipinski definition) is 1. The van der Waals surface area contributed by atoms with Crippen molar-refractivity contribution in [2.45, 2.75) is 12.7 Å². The van der Waals surface area contributed by atoms with Crippen LogP contribution in [-0.4, -0.2) is 10.9 Å². The molecule has 0 aliphatic heterocycles. The van der Waals surface area contributed by atoms with Gasteiger partial charge in [0.2, 0.25) is 0 Å². The fourth-order valence-electron chi connectivity index (χ4n) is 1.44. The summed E-state index contributed by atoms with van der Waals surface area (Å²) in [7, 11) is 0. The highest BCUT2D eigenvalue weighted by molar-refractivity contribution is 9.10. The van der Waals surface area contributed by atoms with E-state index in [9.17, 15) is 18.0 Å². The summed E-state index contributed by atoms with van der Waals surface area (Å²) in [4.78, 5) is 15.3. The summed E-state index contributed by atoms with van der Waals surface area (Å²) in [5.74, 6) is -0.469. The van der Waals surface area contributed by atoms with Gasteiger partial charge in [-0.1, -0.05) is 11.6 Å². The predicted molar refractivity (Wildman–Crippen MR) is 71.8 cm³/mol. The second-order valence-corrected chi connectivity index (χ2v) is 5.13. The molecule has 0 aliphatic rings. The smallest absolute Gasteiger partial charge is 0.417 e. The fraction of sp³-hybridized carbons (Fsp3) is 0.167. The van der Waals surface area contributed by atoms with E-state index in [4.69, 9.17) is 16.0 Å². The lowest BCUT2D eigenvalue weighted by Crippen LogP contribution is -2.23. The van der Waals surface area contributed by atoms with Crippen molar-refractivity contribution in [1.82, 2.24) is 10.3 Å². The third-order valence-corrected chi connectivity index (χ3v) is 3.21. The third kappa shape index (κ3) is 3.98. The molecule has 1 amide bonds. The van der Waals surface area contributed by atoms with Crippen LogP contribution in [0.2, 0.25) is 5.02 Å². The zero-order valence-electron chi connectivity index (χ0n) is 10.2. The maximum absolute atomic E-state index is 12.5. The highest BCUT2D eigenvalue weighted by Gasteiger charge is 2.31. The number of carbonyl (C=O) groups is 1. The summed E-state index contributed by atoms with van der Waals surface area (Å²) in [6.07, 6.45) is -3.85. The van der Waals surface area contributed by atoms with Gasteiger partial charge in [-0.25, -0.2) is 0 Å². The minimum absolute atomic E-state index is 0.0601. The monoisotopic (exact) mass is 382 g/mol. The molecule has 21 heavy (non-hydrogen) atoms. The normalized spacial score (nSPS) is 11.5. The molecule has 0 atom stereocenters. The minimum atomic E-state index is -4.52. The van der Waals surface area contributed by atoms with Crippen molar-refractivity contribution >= 4 is 33.4 Å². The number of nitrogens with zero attached hydrogens (tertiary/aromatic N) is 1. The Morgan fingerprint density at radius 2 is 2.14 bits per heavy atom. The van der Waals surface area contributed by atoms with Crippen molar-refractivity contribution in [2.24, 2.45) is 0 Å². The Balaban J connectivity index is 2.05. The Bertz CT molecular complexity index is 673. The molecule has 1 N–H and O–H groups in total. The van der Waals surface area contributed by atoms with Crippen LogP contribution in [0.5, 0.6) is 0 Å². The summed E-state index contributed by atoms with van der Waals surface area (Å²) in [5.41, 5.74) is -0.818. The number of halogens is 5. The van der Waals surface area contributed by atoms with E-state index >= 15 is 0 Å². The maximum atomic E-state index is 12.5. The second-order valence-electron chi connectivity index (χ2n) is 3.94. The Morgan fingerprint density at radius 1 is 1.43 bits per heavy atom. The average Bonchev–Trinajstić information content (AvgIpc) is 2.82. The van der Waals surface area contributed by atoms with Crippen LogP contribution in [0, 0.1) is 0 Å². The van der Waals surface area contributed by atoms with Crippen LogP contribution in [-0.2, 0) is 12.7 Å². The van der Waals surface area contributed by atoms with E-state index in [-0.39, 0.29) is 23.0 Å². The molecular weight excluding hydrogens is 376 g/mol. The first kappa shape index (κ1) is 15.8. The number of rotatable bonds is 3. The Labute approximate surface area is 130 Å². The molecule has 0 aromatic carbocycles. The molecule has 4 nitrogen and oxygen atoms in total. The number of carbonyl (C=O) groups excluding carboxylic acids is 1. The van der Waals surface area contributed by atoms with Crippen LogP contribution in [0.4, 0.5) is 13.2 Å². The zero-order chi connectivity index (χ0) is 15.6. The molecular formula is C12H7BrClF3N2O2. The lowest BCUT2D eigenvalue weighted by Gasteiger charge is -2.09. The fourth-order valence-corrected chi connectivity index (χ4v) is 1.98. The van der Waals surface area contributed by atoms with Gasteiger partial charge in [0.05, 0.1) is 22.8 Å². The van der Waals surface area contributed by atoms with Crippen LogP contribution in [0.3, 0.4) is 0 Å². The van der Waals surface area contributed by atoms with Gasteiger partial charge in [0.15, 0.2) is 10.4 Å². The molecule has 112 valence electrons. The molecule has 2 aromatic rings. The Morgan fingerprint density at radius 3 is 2.67 bits per heavy atom. The molecule has 0 unspecified atom stereocenters. The van der Waals surface area contributed by atoms with Gasteiger partial charge in [-0.05, 0) is 34.1 Å². The second kappa shape index (κ2) is 6.07. The van der Waals surface area contributed by atoms with Crippen LogP contribution in [0.1, 0.15) is 21.8 Å².